The summed E-state index contributed by atoms with van der Waals surface area (Å²) in [5, 5.41) is 3.06. The van der Waals surface area contributed by atoms with Crippen molar-refractivity contribution in [3.05, 3.63) is 35.4 Å². The normalized spacial score (nSPS) is 20.1. The van der Waals surface area contributed by atoms with E-state index in [2.05, 4.69) is 17.4 Å². The molecule has 1 N–H and O–H groups in total. The van der Waals surface area contributed by atoms with Crippen LogP contribution in [0.4, 0.5) is 4.79 Å². The van der Waals surface area contributed by atoms with Crippen LogP contribution < -0.4 is 5.32 Å². The van der Waals surface area contributed by atoms with Crippen molar-refractivity contribution in [2.45, 2.75) is 31.8 Å². The number of sulfonamides is 1. The fourth-order valence-electron chi connectivity index (χ4n) is 3.27. The molecule has 0 atom stereocenters. The Balaban J connectivity index is 1.53. The highest BCUT2D eigenvalue weighted by atomic mass is 32.2. The highest BCUT2D eigenvalue weighted by Gasteiger charge is 2.27. The Morgan fingerprint density at radius 1 is 1.13 bits per heavy atom. The standard InChI is InChI=1S/C16H23N3O3S/c1-23(21,22)19-10-7-15(8-11-19)17-16(20)18-9-6-13-4-2-3-5-14(13)12-18/h2-5,15H,6-12H2,1H3,(H,17,20). The van der Waals surface area contributed by atoms with Gasteiger partial charge in [0.05, 0.1) is 6.26 Å². The highest BCUT2D eigenvalue weighted by molar-refractivity contribution is 7.88. The molecule has 3 rings (SSSR count). The number of hydrogen-bond acceptors (Lipinski definition) is 3. The van der Waals surface area contributed by atoms with Gasteiger partial charge >= 0.3 is 6.03 Å². The lowest BCUT2D eigenvalue weighted by Crippen LogP contribution is -2.50. The summed E-state index contributed by atoms with van der Waals surface area (Å²) >= 11 is 0. The van der Waals surface area contributed by atoms with Gasteiger partial charge in [0.2, 0.25) is 10.0 Å². The van der Waals surface area contributed by atoms with E-state index in [9.17, 15) is 13.2 Å². The maximum atomic E-state index is 12.4. The fraction of sp³-hybridized carbons (Fsp3) is 0.562. The predicted molar refractivity (Wildman–Crippen MR) is 88.5 cm³/mol. The predicted octanol–water partition coefficient (Wildman–Crippen LogP) is 1.18. The second kappa shape index (κ2) is 6.49. The van der Waals surface area contributed by atoms with Crippen molar-refractivity contribution in [1.82, 2.24) is 14.5 Å². The molecule has 0 spiro atoms. The van der Waals surface area contributed by atoms with Crippen LogP contribution in [0.3, 0.4) is 0 Å². The number of amides is 2. The van der Waals surface area contributed by atoms with Gasteiger partial charge in [-0.05, 0) is 30.4 Å². The van der Waals surface area contributed by atoms with Crippen molar-refractivity contribution in [3.63, 3.8) is 0 Å². The minimum atomic E-state index is -3.12. The number of urea groups is 1. The molecule has 0 aliphatic carbocycles. The Kier molecular flexibility index (Phi) is 4.59. The molecule has 1 aromatic rings. The summed E-state index contributed by atoms with van der Waals surface area (Å²) in [5.41, 5.74) is 2.53. The van der Waals surface area contributed by atoms with Gasteiger partial charge in [0.25, 0.3) is 0 Å². The second-order valence-electron chi connectivity index (χ2n) is 6.33. The van der Waals surface area contributed by atoms with Crippen LogP contribution >= 0.6 is 0 Å². The van der Waals surface area contributed by atoms with E-state index in [1.807, 2.05) is 17.0 Å². The lowest BCUT2D eigenvalue weighted by atomic mass is 10.0. The molecule has 0 saturated carbocycles. The Morgan fingerprint density at radius 2 is 1.78 bits per heavy atom. The molecule has 2 heterocycles. The third kappa shape index (κ3) is 3.84. The van der Waals surface area contributed by atoms with Crippen molar-refractivity contribution in [1.29, 1.82) is 0 Å². The molecule has 2 amide bonds. The minimum absolute atomic E-state index is 0.0442. The number of piperidine rings is 1. The summed E-state index contributed by atoms with van der Waals surface area (Å²) < 4.78 is 24.5. The summed E-state index contributed by atoms with van der Waals surface area (Å²) in [4.78, 5) is 14.3. The van der Waals surface area contributed by atoms with Crippen LogP contribution in [0.1, 0.15) is 24.0 Å². The van der Waals surface area contributed by atoms with Crippen molar-refractivity contribution < 1.29 is 13.2 Å². The van der Waals surface area contributed by atoms with Gasteiger partial charge in [-0.1, -0.05) is 24.3 Å². The van der Waals surface area contributed by atoms with E-state index in [0.29, 0.717) is 32.5 Å². The van der Waals surface area contributed by atoms with E-state index in [1.54, 1.807) is 0 Å². The number of hydrogen-bond donors (Lipinski definition) is 1. The number of nitrogens with zero attached hydrogens (tertiary/aromatic N) is 2. The molecule has 23 heavy (non-hydrogen) atoms. The number of fused-ring (bicyclic) bond motifs is 1. The summed E-state index contributed by atoms with van der Waals surface area (Å²) in [6.07, 6.45) is 3.46. The summed E-state index contributed by atoms with van der Waals surface area (Å²) in [7, 11) is -3.12. The van der Waals surface area contributed by atoms with E-state index in [1.165, 1.54) is 21.7 Å². The first-order chi connectivity index (χ1) is 10.9. The molecule has 0 radical (unpaired) electrons. The van der Waals surface area contributed by atoms with Crippen LogP contribution in [0.25, 0.3) is 0 Å². The molecule has 0 bridgehead atoms. The first-order valence-corrected chi connectivity index (χ1v) is 9.85. The van der Waals surface area contributed by atoms with Crippen LogP contribution in [0.2, 0.25) is 0 Å². The van der Waals surface area contributed by atoms with Gasteiger partial charge < -0.3 is 10.2 Å². The largest absolute Gasteiger partial charge is 0.335 e. The van der Waals surface area contributed by atoms with Crippen LogP contribution in [0.15, 0.2) is 24.3 Å². The maximum Gasteiger partial charge on any atom is 0.317 e. The van der Waals surface area contributed by atoms with Crippen LogP contribution in [0.5, 0.6) is 0 Å². The number of carbonyl (C=O) groups is 1. The quantitative estimate of drug-likeness (QED) is 0.881. The first-order valence-electron chi connectivity index (χ1n) is 8.01. The van der Waals surface area contributed by atoms with Crippen molar-refractivity contribution in [3.8, 4) is 0 Å². The van der Waals surface area contributed by atoms with E-state index < -0.39 is 10.0 Å². The Hall–Kier alpha value is -1.60. The fourth-order valence-corrected chi connectivity index (χ4v) is 4.14. The van der Waals surface area contributed by atoms with Crippen molar-refractivity contribution in [2.75, 3.05) is 25.9 Å². The molecule has 1 saturated heterocycles. The van der Waals surface area contributed by atoms with E-state index in [4.69, 9.17) is 0 Å². The molecule has 1 fully saturated rings. The van der Waals surface area contributed by atoms with E-state index >= 15 is 0 Å². The Morgan fingerprint density at radius 3 is 2.43 bits per heavy atom. The van der Waals surface area contributed by atoms with Gasteiger partial charge in [0.15, 0.2) is 0 Å². The van der Waals surface area contributed by atoms with Gasteiger partial charge in [-0.15, -0.1) is 0 Å². The van der Waals surface area contributed by atoms with Crippen LogP contribution in [-0.2, 0) is 23.0 Å². The number of rotatable bonds is 2. The smallest absolute Gasteiger partial charge is 0.317 e. The number of nitrogens with one attached hydrogen (secondary N) is 1. The molecular formula is C16H23N3O3S. The molecule has 6 nitrogen and oxygen atoms in total. The first kappa shape index (κ1) is 16.3. The molecule has 0 unspecified atom stereocenters. The average Bonchev–Trinajstić information content (AvgIpc) is 2.54. The zero-order valence-corrected chi connectivity index (χ0v) is 14.2. The Bertz CT molecular complexity index is 682. The van der Waals surface area contributed by atoms with Gasteiger partial charge in [-0.25, -0.2) is 17.5 Å². The van der Waals surface area contributed by atoms with Gasteiger partial charge in [-0.2, -0.15) is 0 Å². The third-order valence-electron chi connectivity index (χ3n) is 4.67. The van der Waals surface area contributed by atoms with Gasteiger partial charge in [0, 0.05) is 32.2 Å². The monoisotopic (exact) mass is 337 g/mol. The molecule has 0 aromatic heterocycles. The lowest BCUT2D eigenvalue weighted by Gasteiger charge is -2.34. The minimum Gasteiger partial charge on any atom is -0.335 e. The van der Waals surface area contributed by atoms with Crippen LogP contribution in [-0.4, -0.2) is 55.6 Å². The zero-order chi connectivity index (χ0) is 16.4. The van der Waals surface area contributed by atoms with Gasteiger partial charge in [-0.3, -0.25) is 0 Å². The van der Waals surface area contributed by atoms with E-state index in [-0.39, 0.29) is 12.1 Å². The average molecular weight is 337 g/mol. The highest BCUT2D eigenvalue weighted by Crippen LogP contribution is 2.19. The third-order valence-corrected chi connectivity index (χ3v) is 5.97. The SMILES string of the molecule is CS(=O)(=O)N1CCC(NC(=O)N2CCc3ccccc3C2)CC1. The second-order valence-corrected chi connectivity index (χ2v) is 8.31. The molecule has 2 aliphatic heterocycles. The molecule has 1 aromatic carbocycles. The lowest BCUT2D eigenvalue weighted by molar-refractivity contribution is 0.182. The summed E-state index contributed by atoms with van der Waals surface area (Å²) in [5.74, 6) is 0. The number of carbonyl (C=O) groups excluding carboxylic acids is 1. The number of benzene rings is 1. The maximum absolute atomic E-state index is 12.4. The molecular weight excluding hydrogens is 314 g/mol. The summed E-state index contributed by atoms with van der Waals surface area (Å²) in [6, 6.07) is 8.23. The summed E-state index contributed by atoms with van der Waals surface area (Å²) in [6.45, 7) is 2.33. The van der Waals surface area contributed by atoms with Crippen molar-refractivity contribution in [2.24, 2.45) is 0 Å². The van der Waals surface area contributed by atoms with Crippen molar-refractivity contribution >= 4 is 16.1 Å². The Labute approximate surface area is 137 Å². The topological polar surface area (TPSA) is 69.7 Å². The molecule has 7 heteroatoms. The zero-order valence-electron chi connectivity index (χ0n) is 13.4. The van der Waals surface area contributed by atoms with Gasteiger partial charge in [0.1, 0.15) is 0 Å². The van der Waals surface area contributed by atoms with E-state index in [0.717, 1.165) is 13.0 Å². The van der Waals surface area contributed by atoms with Crippen LogP contribution in [0, 0.1) is 0 Å². The molecule has 126 valence electrons. The molecule has 2 aliphatic rings.